The summed E-state index contributed by atoms with van der Waals surface area (Å²) < 4.78 is 5.34. The number of β-amino-alcohol motifs (C(OH)–C–C–N with tert-alkyl or cyclic N) is 1. The molecule has 14 heavy (non-hydrogen) atoms. The molecule has 3 unspecified atom stereocenters. The molecule has 4 nitrogen and oxygen atoms in total. The zero-order chi connectivity index (χ0) is 10.1. The van der Waals surface area contributed by atoms with Gasteiger partial charge < -0.3 is 14.7 Å². The molecule has 2 rings (SSSR count). The van der Waals surface area contributed by atoms with E-state index in [1.165, 1.54) is 0 Å². The Morgan fingerprint density at radius 1 is 1.50 bits per heavy atom. The van der Waals surface area contributed by atoms with Gasteiger partial charge in [0.25, 0.3) is 0 Å². The first-order valence-electron chi connectivity index (χ1n) is 5.22. The van der Waals surface area contributed by atoms with Crippen molar-refractivity contribution < 1.29 is 14.6 Å². The maximum absolute atomic E-state index is 11.5. The average molecular weight is 199 g/mol. The number of rotatable bonds is 2. The highest BCUT2D eigenvalue weighted by Gasteiger charge is 2.39. The van der Waals surface area contributed by atoms with Crippen molar-refractivity contribution in [2.24, 2.45) is 0 Å². The fourth-order valence-electron chi connectivity index (χ4n) is 2.57. The van der Waals surface area contributed by atoms with Crippen LogP contribution in [0, 0.1) is 0 Å². The van der Waals surface area contributed by atoms with Gasteiger partial charge in [0.2, 0.25) is 5.91 Å². The minimum absolute atomic E-state index is 0.0754. The quantitative estimate of drug-likeness (QED) is 0.688. The summed E-state index contributed by atoms with van der Waals surface area (Å²) in [4.78, 5) is 13.3. The minimum Gasteiger partial charge on any atom is -0.391 e. The van der Waals surface area contributed by atoms with Crippen molar-refractivity contribution in [3.05, 3.63) is 0 Å². The number of ether oxygens (including phenoxy) is 1. The Morgan fingerprint density at radius 2 is 2.29 bits per heavy atom. The van der Waals surface area contributed by atoms with Gasteiger partial charge in [-0.15, -0.1) is 0 Å². The van der Waals surface area contributed by atoms with Crippen molar-refractivity contribution >= 4 is 5.91 Å². The number of hydrogen-bond donors (Lipinski definition) is 1. The van der Waals surface area contributed by atoms with Gasteiger partial charge >= 0.3 is 0 Å². The molecule has 0 aromatic carbocycles. The summed E-state index contributed by atoms with van der Waals surface area (Å²) in [6.45, 7) is 0.489. The lowest BCUT2D eigenvalue weighted by Gasteiger charge is -2.28. The van der Waals surface area contributed by atoms with Crippen LogP contribution in [0.2, 0.25) is 0 Å². The number of amides is 1. The number of aliphatic hydroxyl groups excluding tert-OH is 1. The zero-order valence-corrected chi connectivity index (χ0v) is 8.48. The molecule has 1 aliphatic carbocycles. The minimum atomic E-state index is -0.472. The van der Waals surface area contributed by atoms with E-state index in [1.54, 1.807) is 12.0 Å². The van der Waals surface area contributed by atoms with Crippen molar-refractivity contribution in [2.75, 3.05) is 13.7 Å². The van der Waals surface area contributed by atoms with E-state index in [9.17, 15) is 9.90 Å². The lowest BCUT2D eigenvalue weighted by Crippen LogP contribution is -2.42. The Kier molecular flexibility index (Phi) is 2.74. The van der Waals surface area contributed by atoms with Crippen LogP contribution in [0.4, 0.5) is 0 Å². The number of hydrogen-bond acceptors (Lipinski definition) is 3. The zero-order valence-electron chi connectivity index (χ0n) is 8.48. The van der Waals surface area contributed by atoms with Crippen LogP contribution >= 0.6 is 0 Å². The Morgan fingerprint density at radius 3 is 2.86 bits per heavy atom. The SMILES string of the molecule is COC1CCCC1N1CC(O)CC1=O. The summed E-state index contributed by atoms with van der Waals surface area (Å²) in [5.41, 5.74) is 0. The van der Waals surface area contributed by atoms with Gasteiger partial charge in [0.15, 0.2) is 0 Å². The fraction of sp³-hybridized carbons (Fsp3) is 0.900. The molecule has 80 valence electrons. The molecule has 0 bridgehead atoms. The fourth-order valence-corrected chi connectivity index (χ4v) is 2.57. The predicted octanol–water partition coefficient (Wildman–Crippen LogP) is 0.147. The monoisotopic (exact) mass is 199 g/mol. The van der Waals surface area contributed by atoms with E-state index in [0.717, 1.165) is 19.3 Å². The average Bonchev–Trinajstić information content (AvgIpc) is 2.71. The highest BCUT2D eigenvalue weighted by molar-refractivity contribution is 5.79. The molecule has 1 heterocycles. The topological polar surface area (TPSA) is 49.8 Å². The Balaban J connectivity index is 2.03. The first-order chi connectivity index (χ1) is 6.72. The summed E-state index contributed by atoms with van der Waals surface area (Å²) in [5.74, 6) is 0.0754. The van der Waals surface area contributed by atoms with Gasteiger partial charge in [-0.2, -0.15) is 0 Å². The van der Waals surface area contributed by atoms with Crippen LogP contribution in [0.15, 0.2) is 0 Å². The number of nitrogens with zero attached hydrogens (tertiary/aromatic N) is 1. The van der Waals surface area contributed by atoms with Crippen LogP contribution in [0.3, 0.4) is 0 Å². The molecular formula is C10H17NO3. The van der Waals surface area contributed by atoms with Crippen LogP contribution in [0.1, 0.15) is 25.7 Å². The van der Waals surface area contributed by atoms with Crippen LogP contribution < -0.4 is 0 Å². The third-order valence-electron chi connectivity index (χ3n) is 3.26. The van der Waals surface area contributed by atoms with Gasteiger partial charge in [0.1, 0.15) is 0 Å². The van der Waals surface area contributed by atoms with E-state index in [0.29, 0.717) is 6.54 Å². The van der Waals surface area contributed by atoms with Crippen LogP contribution in [0.25, 0.3) is 0 Å². The molecule has 1 amide bonds. The van der Waals surface area contributed by atoms with Crippen molar-refractivity contribution in [3.63, 3.8) is 0 Å². The predicted molar refractivity (Wildman–Crippen MR) is 50.8 cm³/mol. The molecule has 3 atom stereocenters. The van der Waals surface area contributed by atoms with Crippen molar-refractivity contribution in [1.29, 1.82) is 0 Å². The summed E-state index contributed by atoms with van der Waals surface area (Å²) >= 11 is 0. The highest BCUT2D eigenvalue weighted by atomic mass is 16.5. The normalized spacial score (nSPS) is 38.3. The van der Waals surface area contributed by atoms with Crippen LogP contribution in [-0.2, 0) is 9.53 Å². The summed E-state index contributed by atoms with van der Waals surface area (Å²) in [7, 11) is 1.69. The molecule has 0 aromatic heterocycles. The van der Waals surface area contributed by atoms with Gasteiger partial charge in [-0.1, -0.05) is 0 Å². The highest BCUT2D eigenvalue weighted by Crippen LogP contribution is 2.29. The summed E-state index contributed by atoms with van der Waals surface area (Å²) in [5, 5.41) is 9.39. The number of methoxy groups -OCH3 is 1. The smallest absolute Gasteiger partial charge is 0.225 e. The van der Waals surface area contributed by atoms with E-state index < -0.39 is 6.10 Å². The molecule has 0 spiro atoms. The Hall–Kier alpha value is -0.610. The van der Waals surface area contributed by atoms with E-state index in [2.05, 4.69) is 0 Å². The lowest BCUT2D eigenvalue weighted by molar-refractivity contribution is -0.131. The molecule has 1 saturated carbocycles. The number of likely N-dealkylation sites (tertiary alicyclic amines) is 1. The first-order valence-corrected chi connectivity index (χ1v) is 5.22. The summed E-state index contributed by atoms with van der Waals surface area (Å²) in [6, 6.07) is 0.199. The molecule has 0 radical (unpaired) electrons. The van der Waals surface area contributed by atoms with E-state index >= 15 is 0 Å². The number of carbonyl (C=O) groups excluding carboxylic acids is 1. The third kappa shape index (κ3) is 1.64. The second kappa shape index (κ2) is 3.87. The van der Waals surface area contributed by atoms with Gasteiger partial charge in [-0.25, -0.2) is 0 Å². The largest absolute Gasteiger partial charge is 0.391 e. The van der Waals surface area contributed by atoms with Gasteiger partial charge in [0, 0.05) is 13.7 Å². The first kappa shape index (κ1) is 9.93. The maximum atomic E-state index is 11.5. The molecule has 4 heteroatoms. The van der Waals surface area contributed by atoms with E-state index in [-0.39, 0.29) is 24.5 Å². The molecule has 2 fully saturated rings. The van der Waals surface area contributed by atoms with Crippen LogP contribution in [0.5, 0.6) is 0 Å². The molecule has 2 aliphatic rings. The standard InChI is InChI=1S/C10H17NO3/c1-14-9-4-2-3-8(9)11-6-7(12)5-10(11)13/h7-9,12H,2-6H2,1H3. The molecule has 1 aliphatic heterocycles. The molecule has 1 saturated heterocycles. The van der Waals surface area contributed by atoms with Gasteiger partial charge in [0.05, 0.1) is 24.7 Å². The second-order valence-corrected chi connectivity index (χ2v) is 4.18. The number of aliphatic hydroxyl groups is 1. The van der Waals surface area contributed by atoms with Gasteiger partial charge in [-0.05, 0) is 19.3 Å². The van der Waals surface area contributed by atoms with Crippen molar-refractivity contribution in [3.8, 4) is 0 Å². The van der Waals surface area contributed by atoms with E-state index in [1.807, 2.05) is 0 Å². The number of carbonyl (C=O) groups is 1. The van der Waals surface area contributed by atoms with Crippen LogP contribution in [-0.4, -0.2) is 47.8 Å². The summed E-state index contributed by atoms with van der Waals surface area (Å²) in [6.07, 6.45) is 3.14. The molecular weight excluding hydrogens is 182 g/mol. The lowest BCUT2D eigenvalue weighted by atomic mass is 10.2. The maximum Gasteiger partial charge on any atom is 0.225 e. The van der Waals surface area contributed by atoms with Gasteiger partial charge in [-0.3, -0.25) is 4.79 Å². The molecule has 0 aromatic rings. The second-order valence-electron chi connectivity index (χ2n) is 4.18. The Labute approximate surface area is 83.8 Å². The van der Waals surface area contributed by atoms with Crippen molar-refractivity contribution in [1.82, 2.24) is 4.90 Å². The van der Waals surface area contributed by atoms with Crippen molar-refractivity contribution in [2.45, 2.75) is 43.9 Å². The van der Waals surface area contributed by atoms with E-state index in [4.69, 9.17) is 4.74 Å². The Bertz CT molecular complexity index is 231. The third-order valence-corrected chi connectivity index (χ3v) is 3.26. The molecule has 1 N–H and O–H groups in total.